The molecular weight excluding hydrogens is 334 g/mol. The predicted molar refractivity (Wildman–Crippen MR) is 97.3 cm³/mol. The van der Waals surface area contributed by atoms with Gasteiger partial charge in [0, 0.05) is 32.6 Å². The third-order valence-corrected chi connectivity index (χ3v) is 4.32. The average Bonchev–Trinajstić information content (AvgIpc) is 3.21. The highest BCUT2D eigenvalue weighted by molar-refractivity contribution is 5.97. The second-order valence-electron chi connectivity index (χ2n) is 6.34. The zero-order valence-corrected chi connectivity index (χ0v) is 15.6. The number of likely N-dealkylation sites (tertiary alicyclic amines) is 1. The van der Waals surface area contributed by atoms with E-state index in [9.17, 15) is 14.4 Å². The van der Waals surface area contributed by atoms with E-state index in [1.807, 2.05) is 26.0 Å². The topological polar surface area (TPSA) is 96.3 Å². The van der Waals surface area contributed by atoms with Gasteiger partial charge in [-0.1, -0.05) is 19.1 Å². The van der Waals surface area contributed by atoms with E-state index in [4.69, 9.17) is 0 Å². The molecule has 0 aromatic carbocycles. The van der Waals surface area contributed by atoms with Gasteiger partial charge in [-0.3, -0.25) is 14.4 Å². The van der Waals surface area contributed by atoms with E-state index in [0.29, 0.717) is 31.6 Å². The molecule has 2 N–H and O–H groups in total. The fraction of sp³-hybridized carbons (Fsp3) is 0.556. The Kier molecular flexibility index (Phi) is 6.94. The molecule has 2 heterocycles. The van der Waals surface area contributed by atoms with Crippen molar-refractivity contribution in [3.63, 3.8) is 0 Å². The Bertz CT molecular complexity index is 682. The molecule has 1 aromatic rings. The Labute approximate surface area is 153 Å². The summed E-state index contributed by atoms with van der Waals surface area (Å²) in [6, 6.07) is -0.851. The van der Waals surface area contributed by atoms with Crippen molar-refractivity contribution in [2.24, 2.45) is 7.05 Å². The first-order valence-corrected chi connectivity index (χ1v) is 8.97. The molecule has 3 amide bonds. The summed E-state index contributed by atoms with van der Waals surface area (Å²) in [6.07, 6.45) is 8.36. The number of rotatable bonds is 7. The molecular formula is C18H27N5O3. The van der Waals surface area contributed by atoms with Gasteiger partial charge in [-0.15, -0.1) is 0 Å². The summed E-state index contributed by atoms with van der Waals surface area (Å²) >= 11 is 0. The standard InChI is InChI=1S/C18H27N5O3/c1-4-6-7-8-16(24)21-13-9-14(17(25)20-5-2)23(11-13)18(26)15-10-19-12-22(15)3/h6-7,10,12-14H,4-5,8-9,11H2,1-3H3,(H,20,25)(H,21,24)/t13-,14+/m1/s1. The Hall–Kier alpha value is -2.64. The van der Waals surface area contributed by atoms with Crippen LogP contribution < -0.4 is 10.6 Å². The molecule has 1 saturated heterocycles. The lowest BCUT2D eigenvalue weighted by Crippen LogP contribution is -2.46. The molecule has 0 spiro atoms. The number of allylic oxidation sites excluding steroid dienone is 1. The van der Waals surface area contributed by atoms with Crippen molar-refractivity contribution in [3.8, 4) is 0 Å². The maximum Gasteiger partial charge on any atom is 0.272 e. The number of hydrogen-bond donors (Lipinski definition) is 2. The number of nitrogens with zero attached hydrogens (tertiary/aromatic N) is 3. The van der Waals surface area contributed by atoms with Crippen molar-refractivity contribution < 1.29 is 14.4 Å². The van der Waals surface area contributed by atoms with Gasteiger partial charge in [0.25, 0.3) is 5.91 Å². The average molecular weight is 361 g/mol. The van der Waals surface area contributed by atoms with Gasteiger partial charge in [0.05, 0.1) is 12.5 Å². The van der Waals surface area contributed by atoms with Gasteiger partial charge in [0.1, 0.15) is 11.7 Å². The fourth-order valence-corrected chi connectivity index (χ4v) is 3.06. The first-order valence-electron chi connectivity index (χ1n) is 8.97. The minimum absolute atomic E-state index is 0.107. The van der Waals surface area contributed by atoms with E-state index >= 15 is 0 Å². The van der Waals surface area contributed by atoms with Gasteiger partial charge in [0.15, 0.2) is 0 Å². The monoisotopic (exact) mass is 361 g/mol. The molecule has 0 aliphatic carbocycles. The summed E-state index contributed by atoms with van der Waals surface area (Å²) in [5.41, 5.74) is 0.414. The molecule has 0 unspecified atom stereocenters. The minimum atomic E-state index is -0.603. The molecule has 1 aliphatic heterocycles. The number of aromatic nitrogens is 2. The van der Waals surface area contributed by atoms with Crippen molar-refractivity contribution in [2.75, 3.05) is 13.1 Å². The summed E-state index contributed by atoms with van der Waals surface area (Å²) in [4.78, 5) is 42.8. The highest BCUT2D eigenvalue weighted by Gasteiger charge is 2.40. The summed E-state index contributed by atoms with van der Waals surface area (Å²) in [7, 11) is 1.73. The van der Waals surface area contributed by atoms with Gasteiger partial charge < -0.3 is 20.1 Å². The Morgan fingerprint density at radius 3 is 2.69 bits per heavy atom. The Morgan fingerprint density at radius 1 is 1.31 bits per heavy atom. The van der Waals surface area contributed by atoms with Crippen LogP contribution in [0.1, 0.15) is 43.6 Å². The van der Waals surface area contributed by atoms with E-state index in [2.05, 4.69) is 15.6 Å². The van der Waals surface area contributed by atoms with Gasteiger partial charge >= 0.3 is 0 Å². The van der Waals surface area contributed by atoms with Crippen molar-refractivity contribution in [2.45, 2.75) is 45.2 Å². The molecule has 0 saturated carbocycles. The van der Waals surface area contributed by atoms with Gasteiger partial charge in [-0.25, -0.2) is 4.98 Å². The lowest BCUT2D eigenvalue weighted by Gasteiger charge is -2.23. The summed E-state index contributed by atoms with van der Waals surface area (Å²) in [6.45, 7) is 4.63. The second-order valence-corrected chi connectivity index (χ2v) is 6.34. The van der Waals surface area contributed by atoms with E-state index < -0.39 is 6.04 Å². The number of aryl methyl sites for hydroxylation is 1. The van der Waals surface area contributed by atoms with Crippen LogP contribution in [-0.2, 0) is 16.6 Å². The molecule has 1 fully saturated rings. The van der Waals surface area contributed by atoms with Crippen LogP contribution in [-0.4, -0.2) is 57.3 Å². The zero-order chi connectivity index (χ0) is 19.1. The van der Waals surface area contributed by atoms with Crippen molar-refractivity contribution in [3.05, 3.63) is 30.4 Å². The fourth-order valence-electron chi connectivity index (χ4n) is 3.06. The van der Waals surface area contributed by atoms with Crippen LogP contribution in [0.15, 0.2) is 24.7 Å². The number of imidazole rings is 1. The predicted octanol–water partition coefficient (Wildman–Crippen LogP) is 0.612. The van der Waals surface area contributed by atoms with Crippen LogP contribution >= 0.6 is 0 Å². The number of nitrogens with one attached hydrogen (secondary N) is 2. The summed E-state index contributed by atoms with van der Waals surface area (Å²) in [5.74, 6) is -0.571. The largest absolute Gasteiger partial charge is 0.355 e. The van der Waals surface area contributed by atoms with Crippen molar-refractivity contribution >= 4 is 17.7 Å². The highest BCUT2D eigenvalue weighted by atomic mass is 16.2. The first kappa shape index (κ1) is 19.7. The normalized spacial score (nSPS) is 19.7. The van der Waals surface area contributed by atoms with E-state index in [-0.39, 0.29) is 23.8 Å². The molecule has 1 aromatic heterocycles. The molecule has 1 aliphatic rings. The van der Waals surface area contributed by atoms with Gasteiger partial charge in [-0.2, -0.15) is 0 Å². The summed E-state index contributed by atoms with van der Waals surface area (Å²) in [5, 5.41) is 5.69. The molecule has 2 rings (SSSR count). The highest BCUT2D eigenvalue weighted by Crippen LogP contribution is 2.21. The molecule has 8 heteroatoms. The number of carbonyl (C=O) groups is 3. The maximum absolute atomic E-state index is 12.9. The lowest BCUT2D eigenvalue weighted by atomic mass is 10.1. The molecule has 2 atom stereocenters. The Morgan fingerprint density at radius 2 is 2.08 bits per heavy atom. The molecule has 0 bridgehead atoms. The minimum Gasteiger partial charge on any atom is -0.355 e. The SMILES string of the molecule is CCC=CCC(=O)N[C@@H]1C[C@@H](C(=O)NCC)N(C(=O)c2cncn2C)C1. The number of likely N-dealkylation sites (N-methyl/N-ethyl adjacent to an activating group) is 1. The van der Waals surface area contributed by atoms with Crippen LogP contribution in [0.4, 0.5) is 0 Å². The quantitative estimate of drug-likeness (QED) is 0.696. The van der Waals surface area contributed by atoms with Crippen LogP contribution in [0, 0.1) is 0 Å². The van der Waals surface area contributed by atoms with Gasteiger partial charge in [0.2, 0.25) is 11.8 Å². The van der Waals surface area contributed by atoms with Crippen LogP contribution in [0.2, 0.25) is 0 Å². The second kappa shape index (κ2) is 9.17. The lowest BCUT2D eigenvalue weighted by molar-refractivity contribution is -0.125. The van der Waals surface area contributed by atoms with Crippen LogP contribution in [0.25, 0.3) is 0 Å². The first-order chi connectivity index (χ1) is 12.5. The van der Waals surface area contributed by atoms with E-state index in [1.54, 1.807) is 17.9 Å². The smallest absolute Gasteiger partial charge is 0.272 e. The number of hydrogen-bond acceptors (Lipinski definition) is 4. The molecule has 0 radical (unpaired) electrons. The van der Waals surface area contributed by atoms with E-state index in [0.717, 1.165) is 6.42 Å². The van der Waals surface area contributed by atoms with Gasteiger partial charge in [-0.05, 0) is 19.8 Å². The molecule has 142 valence electrons. The van der Waals surface area contributed by atoms with E-state index in [1.165, 1.54) is 11.1 Å². The van der Waals surface area contributed by atoms with Crippen LogP contribution in [0.3, 0.4) is 0 Å². The third kappa shape index (κ3) is 4.71. The van der Waals surface area contributed by atoms with Crippen molar-refractivity contribution in [1.29, 1.82) is 0 Å². The Balaban J connectivity index is 2.10. The van der Waals surface area contributed by atoms with Crippen molar-refractivity contribution in [1.82, 2.24) is 25.1 Å². The number of carbonyl (C=O) groups excluding carboxylic acids is 3. The molecule has 26 heavy (non-hydrogen) atoms. The zero-order valence-electron chi connectivity index (χ0n) is 15.6. The van der Waals surface area contributed by atoms with Crippen LogP contribution in [0.5, 0.6) is 0 Å². The maximum atomic E-state index is 12.9. The summed E-state index contributed by atoms with van der Waals surface area (Å²) < 4.78 is 1.62. The third-order valence-electron chi connectivity index (χ3n) is 4.32. The molecule has 8 nitrogen and oxygen atoms in total. The number of amides is 3.